The van der Waals surface area contributed by atoms with Crippen molar-refractivity contribution < 1.29 is 36.4 Å². The Bertz CT molecular complexity index is 2170. The number of methoxy groups -OCH3 is 1. The third kappa shape index (κ3) is 8.31. The zero-order chi connectivity index (χ0) is 38.0. The number of hydrogen-bond acceptors (Lipinski definition) is 7. The molecular weight excluding hydrogens is 755 g/mol. The molecule has 0 spiro atoms. The van der Waals surface area contributed by atoms with Crippen molar-refractivity contribution in [3.63, 3.8) is 0 Å². The first kappa shape index (κ1) is 39.3. The van der Waals surface area contributed by atoms with E-state index >= 15 is 4.39 Å². The number of sulfonamides is 1. The van der Waals surface area contributed by atoms with Crippen LogP contribution < -0.4 is 14.4 Å². The fraction of sp³-hybridized carbons (Fsp3) is 0.306. The second-order valence-corrected chi connectivity index (χ2v) is 16.3. The van der Waals surface area contributed by atoms with Gasteiger partial charge < -0.3 is 14.6 Å². The third-order valence-corrected chi connectivity index (χ3v) is 12.4. The predicted octanol–water partition coefficient (Wildman–Crippen LogP) is 5.93. The molecule has 0 amide bonds. The van der Waals surface area contributed by atoms with Crippen LogP contribution in [0.3, 0.4) is 0 Å². The smallest absolute Gasteiger partial charge is 0.243 e. The Labute approximate surface area is 315 Å². The lowest BCUT2D eigenvalue weighted by molar-refractivity contribution is -0.671. The molecule has 3 aromatic carbocycles. The quantitative estimate of drug-likeness (QED) is 0.0955. The van der Waals surface area contributed by atoms with Crippen LogP contribution in [0.1, 0.15) is 44.0 Å². The summed E-state index contributed by atoms with van der Waals surface area (Å²) in [6.07, 6.45) is 7.39. The molecule has 0 aliphatic rings. The molecule has 1 atom stereocenters. The Morgan fingerprint density at radius 1 is 1.12 bits per heavy atom. The van der Waals surface area contributed by atoms with Gasteiger partial charge in [-0.2, -0.15) is 4.31 Å². The van der Waals surface area contributed by atoms with Crippen LogP contribution in [0.4, 0.5) is 8.78 Å². The molecular formula is C36H37Cl2F2N5O5S2. The van der Waals surface area contributed by atoms with Crippen LogP contribution in [0.15, 0.2) is 89.6 Å². The number of rotatable bonds is 15. The number of thioether (sulfide) groups is 1. The summed E-state index contributed by atoms with van der Waals surface area (Å²) < 4.78 is 69.0. The van der Waals surface area contributed by atoms with Gasteiger partial charge >= 0.3 is 0 Å². The third-order valence-electron chi connectivity index (χ3n) is 8.79. The lowest BCUT2D eigenvalue weighted by Crippen LogP contribution is -2.49. The second-order valence-electron chi connectivity index (χ2n) is 12.6. The monoisotopic (exact) mass is 791 g/mol. The Morgan fingerprint density at radius 3 is 2.44 bits per heavy atom. The number of carbonyl (C=O) groups is 1. The van der Waals surface area contributed by atoms with E-state index in [1.165, 1.54) is 26.2 Å². The summed E-state index contributed by atoms with van der Waals surface area (Å²) in [5.41, 5.74) is 1.53. The van der Waals surface area contributed by atoms with Crippen molar-refractivity contribution in [2.45, 2.75) is 61.0 Å². The molecule has 10 nitrogen and oxygen atoms in total. The lowest BCUT2D eigenvalue weighted by Gasteiger charge is -2.29. The van der Waals surface area contributed by atoms with Gasteiger partial charge in [-0.15, -0.1) is 0 Å². The minimum Gasteiger partial charge on any atom is -0.548 e. The highest BCUT2D eigenvalue weighted by atomic mass is 35.5. The van der Waals surface area contributed by atoms with Gasteiger partial charge in [-0.25, -0.2) is 31.3 Å². The highest BCUT2D eigenvalue weighted by Crippen LogP contribution is 2.40. The fourth-order valence-corrected chi connectivity index (χ4v) is 9.04. The molecule has 276 valence electrons. The number of aromatic nitrogens is 4. The molecule has 0 saturated heterocycles. The highest BCUT2D eigenvalue weighted by molar-refractivity contribution is 7.98. The summed E-state index contributed by atoms with van der Waals surface area (Å²) in [6.45, 7) is 5.43. The number of carboxylic acid groups (broad SMARTS) is 1. The Kier molecular flexibility index (Phi) is 12.1. The van der Waals surface area contributed by atoms with E-state index in [1.807, 2.05) is 52.9 Å². The maximum absolute atomic E-state index is 15.8. The number of imidazole rings is 2. The van der Waals surface area contributed by atoms with E-state index in [0.717, 1.165) is 39.5 Å². The molecule has 0 fully saturated rings. The van der Waals surface area contributed by atoms with Crippen LogP contribution in [-0.2, 0) is 39.6 Å². The second kappa shape index (κ2) is 16.0. The van der Waals surface area contributed by atoms with Gasteiger partial charge in [-0.1, -0.05) is 54.9 Å². The van der Waals surface area contributed by atoms with Crippen LogP contribution in [0.5, 0.6) is 5.75 Å². The van der Waals surface area contributed by atoms with Gasteiger partial charge in [0.25, 0.3) is 0 Å². The van der Waals surface area contributed by atoms with Crippen molar-refractivity contribution in [3.05, 3.63) is 118 Å². The molecule has 0 aliphatic heterocycles. The number of aryl methyl sites for hydroxylation is 2. The van der Waals surface area contributed by atoms with Gasteiger partial charge in [0.05, 0.1) is 54.5 Å². The SMILES string of the molecule is COc1cc(C(C)(C)c2cnc(SCc3c(F)cc(S(=O)(=O)N(CCCn4cc[n+](C)c4)[C@H](C)C(=O)[O-])cc3Cl)n2-c2ccc(F)cc2)ccc1Cl. The van der Waals surface area contributed by atoms with Gasteiger partial charge in [0.1, 0.15) is 29.8 Å². The zero-order valence-corrected chi connectivity index (χ0v) is 32.2. The molecule has 0 N–H and O–H groups in total. The summed E-state index contributed by atoms with van der Waals surface area (Å²) in [5, 5.41) is 12.6. The number of carboxylic acids is 1. The topological polar surface area (TPSA) is 113 Å². The van der Waals surface area contributed by atoms with Gasteiger partial charge in [0, 0.05) is 34.0 Å². The average Bonchev–Trinajstić information content (AvgIpc) is 3.72. The van der Waals surface area contributed by atoms with E-state index in [0.29, 0.717) is 28.2 Å². The lowest BCUT2D eigenvalue weighted by atomic mass is 9.81. The molecule has 52 heavy (non-hydrogen) atoms. The normalized spacial score (nSPS) is 12.7. The van der Waals surface area contributed by atoms with E-state index in [9.17, 15) is 22.7 Å². The maximum Gasteiger partial charge on any atom is 0.243 e. The van der Waals surface area contributed by atoms with Crippen LogP contribution in [0.2, 0.25) is 10.0 Å². The highest BCUT2D eigenvalue weighted by Gasteiger charge is 2.33. The molecule has 5 aromatic rings. The van der Waals surface area contributed by atoms with Crippen LogP contribution >= 0.6 is 35.0 Å². The molecule has 0 saturated carbocycles. The molecule has 2 aromatic heterocycles. The van der Waals surface area contributed by atoms with Gasteiger partial charge in [0.2, 0.25) is 16.4 Å². The van der Waals surface area contributed by atoms with Crippen LogP contribution in [-0.4, -0.2) is 52.5 Å². The minimum absolute atomic E-state index is 0.0162. The van der Waals surface area contributed by atoms with E-state index in [1.54, 1.807) is 36.9 Å². The van der Waals surface area contributed by atoms with Gasteiger partial charge in [-0.05, 0) is 67.4 Å². The fourth-order valence-electron chi connectivity index (χ4n) is 5.74. The van der Waals surface area contributed by atoms with Gasteiger partial charge in [-0.3, -0.25) is 4.57 Å². The first-order valence-electron chi connectivity index (χ1n) is 16.1. The molecule has 2 heterocycles. The first-order chi connectivity index (χ1) is 24.5. The van der Waals surface area contributed by atoms with Crippen LogP contribution in [0.25, 0.3) is 5.69 Å². The molecule has 5 rings (SSSR count). The summed E-state index contributed by atoms with van der Waals surface area (Å²) in [6, 6.07) is 11.7. The standard InChI is InChI=1S/C36H37Cl2F2N5O5S2/c1-23(34(46)47)44(14-6-13-43-16-15-42(4)22-43)52(48,49)27-18-30(38)28(31(40)19-27)21-51-35-41-20-33(45(35)26-10-8-25(39)9-11-26)36(2,3)24-7-12-29(37)32(17-24)50-5/h7-12,15-20,22-23H,6,13-14,21H2,1-5H3/t23-/m1/s1. The van der Waals surface area contributed by atoms with Crippen molar-refractivity contribution in [2.24, 2.45) is 7.05 Å². The van der Waals surface area contributed by atoms with Crippen molar-refractivity contribution in [1.29, 1.82) is 0 Å². The summed E-state index contributed by atoms with van der Waals surface area (Å²) in [7, 11) is -1.15. The number of hydrogen-bond donors (Lipinski definition) is 0. The zero-order valence-electron chi connectivity index (χ0n) is 29.0. The largest absolute Gasteiger partial charge is 0.548 e. The van der Waals surface area contributed by atoms with Crippen molar-refractivity contribution >= 4 is 51.0 Å². The van der Waals surface area contributed by atoms with Crippen molar-refractivity contribution in [3.8, 4) is 11.4 Å². The summed E-state index contributed by atoms with van der Waals surface area (Å²) in [4.78, 5) is 16.0. The molecule has 16 heteroatoms. The molecule has 0 aliphatic carbocycles. The van der Waals surface area contributed by atoms with E-state index in [4.69, 9.17) is 27.9 Å². The van der Waals surface area contributed by atoms with E-state index < -0.39 is 44.0 Å². The number of ether oxygens (including phenoxy) is 1. The van der Waals surface area contributed by atoms with E-state index in [-0.39, 0.29) is 29.3 Å². The van der Waals surface area contributed by atoms with Crippen molar-refractivity contribution in [1.82, 2.24) is 18.4 Å². The van der Waals surface area contributed by atoms with E-state index in [2.05, 4.69) is 4.98 Å². The minimum atomic E-state index is -4.51. The number of nitrogens with zero attached hydrogens (tertiary/aromatic N) is 5. The average molecular weight is 793 g/mol. The first-order valence-corrected chi connectivity index (χ1v) is 19.2. The predicted molar refractivity (Wildman–Crippen MR) is 193 cm³/mol. The number of aliphatic carboxylic acids is 1. The van der Waals surface area contributed by atoms with Crippen LogP contribution in [0, 0.1) is 11.6 Å². The molecule has 0 radical (unpaired) electrons. The van der Waals surface area contributed by atoms with Crippen molar-refractivity contribution in [2.75, 3.05) is 13.7 Å². The van der Waals surface area contributed by atoms with Gasteiger partial charge in [0.15, 0.2) is 5.16 Å². The molecule has 0 bridgehead atoms. The Morgan fingerprint density at radius 2 is 1.83 bits per heavy atom. The molecule has 0 unspecified atom stereocenters. The Balaban J connectivity index is 1.45. The maximum atomic E-state index is 15.8. The summed E-state index contributed by atoms with van der Waals surface area (Å²) >= 11 is 14.0. The number of benzene rings is 3. The number of carbonyl (C=O) groups excluding carboxylic acids is 1. The number of halogens is 4. The Hall–Kier alpha value is -3.95. The summed E-state index contributed by atoms with van der Waals surface area (Å²) in [5.74, 6) is -2.47.